The van der Waals surface area contributed by atoms with E-state index >= 15 is 0 Å². The molecular formula is C20H16ClF3N2O3S2. The van der Waals surface area contributed by atoms with E-state index < -0.39 is 43.8 Å². The predicted octanol–water partition coefficient (Wildman–Crippen LogP) is 4.20. The summed E-state index contributed by atoms with van der Waals surface area (Å²) in [6.45, 7) is 0. The monoisotopic (exact) mass is 488 g/mol. The van der Waals surface area contributed by atoms with Crippen LogP contribution >= 0.6 is 23.4 Å². The van der Waals surface area contributed by atoms with E-state index in [2.05, 4.69) is 4.99 Å². The molecule has 31 heavy (non-hydrogen) atoms. The SMILES string of the molecule is O=C(Cc1ccccc1)N=C1S[C@H]2CS(=O)(=O)C[C@@H]2N1c1ccc(Cl)c(C(F)(F)F)c1. The van der Waals surface area contributed by atoms with E-state index in [9.17, 15) is 26.4 Å². The van der Waals surface area contributed by atoms with Gasteiger partial charge in [0, 0.05) is 10.9 Å². The molecule has 2 aromatic carbocycles. The zero-order valence-corrected chi connectivity index (χ0v) is 18.2. The van der Waals surface area contributed by atoms with Crippen LogP contribution in [0.2, 0.25) is 5.02 Å². The van der Waals surface area contributed by atoms with Crippen molar-refractivity contribution in [2.75, 3.05) is 16.4 Å². The van der Waals surface area contributed by atoms with Gasteiger partial charge in [0.2, 0.25) is 0 Å². The van der Waals surface area contributed by atoms with Crippen molar-refractivity contribution in [3.05, 3.63) is 64.7 Å². The van der Waals surface area contributed by atoms with Gasteiger partial charge in [0.05, 0.1) is 34.6 Å². The minimum atomic E-state index is -4.68. The Kier molecular flexibility index (Phi) is 5.82. The fourth-order valence-electron chi connectivity index (χ4n) is 3.66. The van der Waals surface area contributed by atoms with Gasteiger partial charge in [0.15, 0.2) is 15.0 Å². The van der Waals surface area contributed by atoms with Crippen molar-refractivity contribution in [1.29, 1.82) is 0 Å². The molecule has 0 spiro atoms. The Labute approximate surface area is 186 Å². The van der Waals surface area contributed by atoms with Crippen LogP contribution in [0.1, 0.15) is 11.1 Å². The number of benzene rings is 2. The van der Waals surface area contributed by atoms with Gasteiger partial charge in [-0.1, -0.05) is 53.7 Å². The number of anilines is 1. The molecule has 2 aliphatic rings. The lowest BCUT2D eigenvalue weighted by atomic mass is 10.1. The van der Waals surface area contributed by atoms with E-state index in [1.807, 2.05) is 6.07 Å². The lowest BCUT2D eigenvalue weighted by molar-refractivity contribution is -0.137. The third-order valence-corrected chi connectivity index (χ3v) is 8.56. The molecule has 164 valence electrons. The quantitative estimate of drug-likeness (QED) is 0.647. The van der Waals surface area contributed by atoms with Gasteiger partial charge in [0.25, 0.3) is 5.91 Å². The number of fused-ring (bicyclic) bond motifs is 1. The van der Waals surface area contributed by atoms with Crippen LogP contribution in [0.25, 0.3) is 0 Å². The van der Waals surface area contributed by atoms with E-state index in [1.54, 1.807) is 24.3 Å². The van der Waals surface area contributed by atoms with Crippen molar-refractivity contribution >= 4 is 50.0 Å². The first-order valence-electron chi connectivity index (χ1n) is 9.22. The predicted molar refractivity (Wildman–Crippen MR) is 115 cm³/mol. The van der Waals surface area contributed by atoms with Gasteiger partial charge in [-0.2, -0.15) is 18.2 Å². The Morgan fingerprint density at radius 2 is 1.87 bits per heavy atom. The maximum atomic E-state index is 13.4. The molecule has 2 fully saturated rings. The molecule has 0 N–H and O–H groups in total. The van der Waals surface area contributed by atoms with Crippen molar-refractivity contribution in [3.63, 3.8) is 0 Å². The first-order valence-corrected chi connectivity index (χ1v) is 12.3. The highest BCUT2D eigenvalue weighted by molar-refractivity contribution is 8.16. The minimum Gasteiger partial charge on any atom is -0.316 e. The van der Waals surface area contributed by atoms with Crippen molar-refractivity contribution in [2.45, 2.75) is 23.9 Å². The Morgan fingerprint density at radius 3 is 2.55 bits per heavy atom. The average molecular weight is 489 g/mol. The third-order valence-electron chi connectivity index (χ3n) is 5.02. The number of thioether (sulfide) groups is 1. The number of sulfone groups is 1. The molecular weight excluding hydrogens is 473 g/mol. The van der Waals surface area contributed by atoms with E-state index in [1.165, 1.54) is 11.0 Å². The Balaban J connectivity index is 1.71. The van der Waals surface area contributed by atoms with Crippen LogP contribution < -0.4 is 4.90 Å². The molecule has 0 saturated carbocycles. The Morgan fingerprint density at radius 1 is 1.16 bits per heavy atom. The first kappa shape index (κ1) is 22.2. The molecule has 2 aromatic rings. The highest BCUT2D eigenvalue weighted by Gasteiger charge is 2.49. The van der Waals surface area contributed by atoms with E-state index in [4.69, 9.17) is 11.6 Å². The summed E-state index contributed by atoms with van der Waals surface area (Å²) in [4.78, 5) is 18.1. The van der Waals surface area contributed by atoms with Gasteiger partial charge < -0.3 is 4.90 Å². The van der Waals surface area contributed by atoms with Gasteiger partial charge >= 0.3 is 6.18 Å². The zero-order chi connectivity index (χ0) is 22.4. The number of carbonyl (C=O) groups excluding carboxylic acids is 1. The van der Waals surface area contributed by atoms with E-state index in [0.717, 1.165) is 29.5 Å². The summed E-state index contributed by atoms with van der Waals surface area (Å²) < 4.78 is 64.4. The van der Waals surface area contributed by atoms with Crippen molar-refractivity contribution < 1.29 is 26.4 Å². The van der Waals surface area contributed by atoms with E-state index in [-0.39, 0.29) is 28.8 Å². The lowest BCUT2D eigenvalue weighted by Crippen LogP contribution is -2.38. The fraction of sp³-hybridized carbons (Fsp3) is 0.300. The smallest absolute Gasteiger partial charge is 0.316 e. The standard InChI is InChI=1S/C20H16ClF3N2O3S2/c21-15-7-6-13(9-14(15)20(22,23)24)26-16-10-31(28,29)11-17(16)30-19(26)25-18(27)8-12-4-2-1-3-5-12/h1-7,9,16-17H,8,10-11H2/t16-,17-/m0/s1. The largest absolute Gasteiger partial charge is 0.417 e. The van der Waals surface area contributed by atoms with Crippen LogP contribution in [-0.4, -0.2) is 42.3 Å². The summed E-state index contributed by atoms with van der Waals surface area (Å²) in [6, 6.07) is 11.7. The highest BCUT2D eigenvalue weighted by atomic mass is 35.5. The Hall–Kier alpha value is -2.04. The van der Waals surface area contributed by atoms with Crippen LogP contribution in [0, 0.1) is 0 Å². The number of amidine groups is 1. The van der Waals surface area contributed by atoms with Gasteiger partial charge in [-0.05, 0) is 23.8 Å². The number of aliphatic imine (C=N–C) groups is 1. The fourth-order valence-corrected chi connectivity index (χ4v) is 7.82. The second-order valence-electron chi connectivity index (χ2n) is 7.28. The van der Waals surface area contributed by atoms with Crippen molar-refractivity contribution in [1.82, 2.24) is 0 Å². The number of hydrogen-bond acceptors (Lipinski definition) is 4. The van der Waals surface area contributed by atoms with Crippen molar-refractivity contribution in [2.24, 2.45) is 4.99 Å². The molecule has 0 radical (unpaired) electrons. The lowest BCUT2D eigenvalue weighted by Gasteiger charge is -2.25. The number of amides is 1. The molecule has 0 aliphatic carbocycles. The zero-order valence-electron chi connectivity index (χ0n) is 15.8. The molecule has 11 heteroatoms. The molecule has 4 rings (SSSR count). The van der Waals surface area contributed by atoms with Crippen LogP contribution in [-0.2, 0) is 27.2 Å². The molecule has 0 bridgehead atoms. The summed E-state index contributed by atoms with van der Waals surface area (Å²) in [5, 5.41) is -0.683. The summed E-state index contributed by atoms with van der Waals surface area (Å²) >= 11 is 6.84. The van der Waals surface area contributed by atoms with E-state index in [0.29, 0.717) is 0 Å². The molecule has 2 saturated heterocycles. The molecule has 0 aromatic heterocycles. The average Bonchev–Trinajstić information content (AvgIpc) is 3.13. The van der Waals surface area contributed by atoms with Gasteiger partial charge in [-0.15, -0.1) is 0 Å². The second kappa shape index (κ2) is 8.14. The molecule has 0 unspecified atom stereocenters. The number of halogens is 4. The van der Waals surface area contributed by atoms with Crippen LogP contribution in [0.5, 0.6) is 0 Å². The van der Waals surface area contributed by atoms with Crippen LogP contribution in [0.3, 0.4) is 0 Å². The molecule has 5 nitrogen and oxygen atoms in total. The highest BCUT2D eigenvalue weighted by Crippen LogP contribution is 2.43. The van der Waals surface area contributed by atoms with Crippen molar-refractivity contribution in [3.8, 4) is 0 Å². The first-order chi connectivity index (χ1) is 14.5. The summed E-state index contributed by atoms with van der Waals surface area (Å²) in [5.74, 6) is -0.808. The number of nitrogens with zero attached hydrogens (tertiary/aromatic N) is 2. The topological polar surface area (TPSA) is 66.8 Å². The summed E-state index contributed by atoms with van der Waals surface area (Å²) in [5.41, 5.74) is -0.184. The molecule has 2 heterocycles. The maximum Gasteiger partial charge on any atom is 0.417 e. The number of carbonyl (C=O) groups is 1. The normalized spacial score (nSPS) is 23.9. The Bertz CT molecular complexity index is 1150. The molecule has 2 aliphatic heterocycles. The van der Waals surface area contributed by atoms with Gasteiger partial charge in [-0.3, -0.25) is 4.79 Å². The summed E-state index contributed by atoms with van der Waals surface area (Å²) in [6.07, 6.45) is -4.65. The van der Waals surface area contributed by atoms with Gasteiger partial charge in [-0.25, -0.2) is 8.42 Å². The summed E-state index contributed by atoms with van der Waals surface area (Å²) in [7, 11) is -3.34. The number of hydrogen-bond donors (Lipinski definition) is 0. The third kappa shape index (κ3) is 4.75. The number of rotatable bonds is 3. The second-order valence-corrected chi connectivity index (χ2v) is 11.1. The minimum absolute atomic E-state index is 0.0286. The molecule has 2 atom stereocenters. The van der Waals surface area contributed by atoms with Crippen LogP contribution in [0.4, 0.5) is 18.9 Å². The number of alkyl halides is 3. The van der Waals surface area contributed by atoms with Crippen LogP contribution in [0.15, 0.2) is 53.5 Å². The van der Waals surface area contributed by atoms with Gasteiger partial charge in [0.1, 0.15) is 0 Å². The maximum absolute atomic E-state index is 13.4. The molecule has 1 amide bonds.